The highest BCUT2D eigenvalue weighted by Crippen LogP contribution is 2.03. The van der Waals surface area contributed by atoms with E-state index in [0.717, 1.165) is 0 Å². The van der Waals surface area contributed by atoms with Crippen molar-refractivity contribution >= 4 is 5.97 Å². The largest absolute Gasteiger partial charge is 0.476 e. The average molecular weight is 208 g/mol. The molecule has 0 bridgehead atoms. The summed E-state index contributed by atoms with van der Waals surface area (Å²) in [6, 6.07) is 1.55. The van der Waals surface area contributed by atoms with Crippen LogP contribution in [-0.2, 0) is 6.54 Å². The second-order valence-electron chi connectivity index (χ2n) is 3.17. The van der Waals surface area contributed by atoms with Gasteiger partial charge >= 0.3 is 5.97 Å². The van der Waals surface area contributed by atoms with E-state index in [0.29, 0.717) is 18.7 Å². The summed E-state index contributed by atoms with van der Waals surface area (Å²) in [6.07, 6.45) is 5.75. The Morgan fingerprint density at radius 3 is 3.13 bits per heavy atom. The summed E-state index contributed by atoms with van der Waals surface area (Å²) in [5.74, 6) is 1.91. The molecule has 5 heteroatoms. The van der Waals surface area contributed by atoms with Crippen LogP contribution < -0.4 is 5.32 Å². The van der Waals surface area contributed by atoms with E-state index in [-0.39, 0.29) is 11.7 Å². The van der Waals surface area contributed by atoms with Crippen LogP contribution in [0.3, 0.4) is 0 Å². The summed E-state index contributed by atoms with van der Waals surface area (Å²) < 4.78 is 4.81. The zero-order chi connectivity index (χ0) is 11.3. The van der Waals surface area contributed by atoms with Gasteiger partial charge in [0.05, 0.1) is 6.54 Å². The highest BCUT2D eigenvalue weighted by Gasteiger charge is 2.10. The summed E-state index contributed by atoms with van der Waals surface area (Å²) in [4.78, 5) is 10.5. The maximum Gasteiger partial charge on any atom is 0.358 e. The average Bonchev–Trinajstić information content (AvgIpc) is 2.63. The van der Waals surface area contributed by atoms with Gasteiger partial charge in [-0.25, -0.2) is 4.79 Å². The van der Waals surface area contributed by atoms with Crippen LogP contribution in [-0.4, -0.2) is 22.3 Å². The molecule has 0 fully saturated rings. The third kappa shape index (κ3) is 3.44. The lowest BCUT2D eigenvalue weighted by molar-refractivity contribution is 0.0685. The van der Waals surface area contributed by atoms with Crippen molar-refractivity contribution < 1.29 is 14.4 Å². The summed E-state index contributed by atoms with van der Waals surface area (Å²) in [5.41, 5.74) is -0.0867. The Hall–Kier alpha value is -1.80. The molecule has 0 spiro atoms. The summed E-state index contributed by atoms with van der Waals surface area (Å²) in [7, 11) is 0. The van der Waals surface area contributed by atoms with Gasteiger partial charge in [-0.05, 0) is 6.92 Å². The molecule has 0 aliphatic heterocycles. The third-order valence-corrected chi connectivity index (χ3v) is 1.83. The van der Waals surface area contributed by atoms with Gasteiger partial charge in [0.15, 0.2) is 11.5 Å². The number of aromatic carboxylic acids is 1. The number of aromatic nitrogens is 1. The number of hydrogen-bond acceptors (Lipinski definition) is 4. The lowest BCUT2D eigenvalue weighted by Crippen LogP contribution is -2.24. The van der Waals surface area contributed by atoms with Crippen LogP contribution in [0.15, 0.2) is 10.6 Å². The standard InChI is InChI=1S/C10H12N2O3/c1-3-4-7(2)11-6-8-5-9(10(13)14)12-15-8/h1,5,7,11H,4,6H2,2H3,(H,13,14). The molecule has 2 N–H and O–H groups in total. The molecule has 1 heterocycles. The first-order valence-electron chi connectivity index (χ1n) is 4.49. The number of terminal acetylenes is 1. The van der Waals surface area contributed by atoms with Crippen molar-refractivity contribution in [1.82, 2.24) is 10.5 Å². The normalized spacial score (nSPS) is 12.0. The molecule has 1 atom stereocenters. The lowest BCUT2D eigenvalue weighted by atomic mass is 10.2. The zero-order valence-corrected chi connectivity index (χ0v) is 8.36. The molecule has 5 nitrogen and oxygen atoms in total. The summed E-state index contributed by atoms with van der Waals surface area (Å²) in [5, 5.41) is 15.1. The Labute approximate surface area is 87.5 Å². The predicted molar refractivity (Wildman–Crippen MR) is 53.2 cm³/mol. The van der Waals surface area contributed by atoms with Gasteiger partial charge < -0.3 is 14.9 Å². The van der Waals surface area contributed by atoms with E-state index in [2.05, 4.69) is 16.4 Å². The number of rotatable bonds is 5. The van der Waals surface area contributed by atoms with Crippen LogP contribution in [0.25, 0.3) is 0 Å². The Morgan fingerprint density at radius 1 is 1.87 bits per heavy atom. The highest BCUT2D eigenvalue weighted by molar-refractivity contribution is 5.85. The topological polar surface area (TPSA) is 75.4 Å². The van der Waals surface area contributed by atoms with E-state index >= 15 is 0 Å². The number of nitrogens with one attached hydrogen (secondary N) is 1. The molecule has 0 aliphatic carbocycles. The van der Waals surface area contributed by atoms with E-state index in [1.165, 1.54) is 6.07 Å². The van der Waals surface area contributed by atoms with Crippen LogP contribution in [0.2, 0.25) is 0 Å². The molecular weight excluding hydrogens is 196 g/mol. The van der Waals surface area contributed by atoms with Crippen molar-refractivity contribution in [3.05, 3.63) is 17.5 Å². The Balaban J connectivity index is 2.45. The van der Waals surface area contributed by atoms with Crippen LogP contribution in [0.5, 0.6) is 0 Å². The molecule has 0 amide bonds. The molecular formula is C10H12N2O3. The fraction of sp³-hybridized carbons (Fsp3) is 0.400. The first-order valence-corrected chi connectivity index (χ1v) is 4.49. The third-order valence-electron chi connectivity index (χ3n) is 1.83. The quantitative estimate of drug-likeness (QED) is 0.702. The monoisotopic (exact) mass is 208 g/mol. The van der Waals surface area contributed by atoms with Gasteiger partial charge in [0.25, 0.3) is 0 Å². The Morgan fingerprint density at radius 2 is 2.60 bits per heavy atom. The molecule has 0 aromatic carbocycles. The van der Waals surface area contributed by atoms with E-state index in [4.69, 9.17) is 16.1 Å². The molecule has 80 valence electrons. The molecule has 0 saturated carbocycles. The molecule has 0 aliphatic rings. The Bertz CT molecular complexity index is 378. The number of carboxylic acids is 1. The maximum absolute atomic E-state index is 10.5. The molecule has 0 radical (unpaired) electrons. The molecule has 1 unspecified atom stereocenters. The number of hydrogen-bond donors (Lipinski definition) is 2. The van der Waals surface area contributed by atoms with Gasteiger partial charge in [-0.1, -0.05) is 5.16 Å². The second kappa shape index (κ2) is 5.17. The van der Waals surface area contributed by atoms with Crippen molar-refractivity contribution in [3.8, 4) is 12.3 Å². The smallest absolute Gasteiger partial charge is 0.358 e. The minimum absolute atomic E-state index is 0.0867. The summed E-state index contributed by atoms with van der Waals surface area (Å²) >= 11 is 0. The van der Waals surface area contributed by atoms with Gasteiger partial charge in [-0.15, -0.1) is 12.3 Å². The predicted octanol–water partition coefficient (Wildman–Crippen LogP) is 0.874. The van der Waals surface area contributed by atoms with Crippen LogP contribution in [0.4, 0.5) is 0 Å². The Kier molecular flexibility index (Phi) is 3.89. The zero-order valence-electron chi connectivity index (χ0n) is 8.36. The first-order chi connectivity index (χ1) is 7.13. The number of carboxylic acid groups (broad SMARTS) is 1. The maximum atomic E-state index is 10.5. The fourth-order valence-corrected chi connectivity index (χ4v) is 1.02. The van der Waals surface area contributed by atoms with E-state index < -0.39 is 5.97 Å². The molecule has 1 aromatic heterocycles. The summed E-state index contributed by atoms with van der Waals surface area (Å²) in [6.45, 7) is 2.36. The van der Waals surface area contributed by atoms with Crippen molar-refractivity contribution in [2.45, 2.75) is 25.9 Å². The lowest BCUT2D eigenvalue weighted by Gasteiger charge is -2.07. The minimum Gasteiger partial charge on any atom is -0.476 e. The number of nitrogens with zero attached hydrogens (tertiary/aromatic N) is 1. The second-order valence-corrected chi connectivity index (χ2v) is 3.17. The van der Waals surface area contributed by atoms with Crippen LogP contribution in [0.1, 0.15) is 29.6 Å². The van der Waals surface area contributed by atoms with Gasteiger partial charge in [-0.3, -0.25) is 0 Å². The molecule has 15 heavy (non-hydrogen) atoms. The van der Waals surface area contributed by atoms with E-state index in [1.807, 2.05) is 6.92 Å². The van der Waals surface area contributed by atoms with Gasteiger partial charge in [0, 0.05) is 18.5 Å². The van der Waals surface area contributed by atoms with Crippen molar-refractivity contribution in [2.75, 3.05) is 0 Å². The van der Waals surface area contributed by atoms with Crippen LogP contribution >= 0.6 is 0 Å². The van der Waals surface area contributed by atoms with Crippen LogP contribution in [0, 0.1) is 12.3 Å². The fourth-order valence-electron chi connectivity index (χ4n) is 1.02. The molecule has 0 saturated heterocycles. The minimum atomic E-state index is -1.10. The van der Waals surface area contributed by atoms with Gasteiger partial charge in [0.1, 0.15) is 0 Å². The van der Waals surface area contributed by atoms with Crippen molar-refractivity contribution in [1.29, 1.82) is 0 Å². The van der Waals surface area contributed by atoms with E-state index in [9.17, 15) is 4.79 Å². The SMILES string of the molecule is C#CCC(C)NCc1cc(C(=O)O)no1. The van der Waals surface area contributed by atoms with Crippen molar-refractivity contribution in [3.63, 3.8) is 0 Å². The van der Waals surface area contributed by atoms with Crippen molar-refractivity contribution in [2.24, 2.45) is 0 Å². The molecule has 1 rings (SSSR count). The van der Waals surface area contributed by atoms with Gasteiger partial charge in [-0.2, -0.15) is 0 Å². The van der Waals surface area contributed by atoms with E-state index in [1.54, 1.807) is 0 Å². The highest BCUT2D eigenvalue weighted by atomic mass is 16.5. The number of carbonyl (C=O) groups is 1. The van der Waals surface area contributed by atoms with Gasteiger partial charge in [0.2, 0.25) is 0 Å². The molecule has 1 aromatic rings. The first kappa shape index (κ1) is 11.3.